The molecule has 0 bridgehead atoms. The summed E-state index contributed by atoms with van der Waals surface area (Å²) >= 11 is 0. The van der Waals surface area contributed by atoms with Crippen LogP contribution in [0.1, 0.15) is 62.2 Å². The van der Waals surface area contributed by atoms with Crippen molar-refractivity contribution >= 4 is 35.6 Å². The summed E-state index contributed by atoms with van der Waals surface area (Å²) in [6.45, 7) is 17.2. The number of hydrogen-bond donors (Lipinski definition) is 0. The summed E-state index contributed by atoms with van der Waals surface area (Å²) in [5, 5.41) is 0. The van der Waals surface area contributed by atoms with Gasteiger partial charge in [-0.3, -0.25) is 4.79 Å². The van der Waals surface area contributed by atoms with Crippen LogP contribution in [0.3, 0.4) is 0 Å². The highest BCUT2D eigenvalue weighted by Gasteiger charge is 2.28. The van der Waals surface area contributed by atoms with Gasteiger partial charge >= 0.3 is 29.8 Å². The van der Waals surface area contributed by atoms with Crippen LogP contribution in [0.2, 0.25) is 0 Å². The molecule has 0 N–H and O–H groups in total. The number of carbonyl (C=O) groups excluding carboxylic acids is 6. The molecule has 1 aliphatic rings. The van der Waals surface area contributed by atoms with Gasteiger partial charge in [-0.2, -0.15) is 0 Å². The number of ketones is 1. The van der Waals surface area contributed by atoms with Crippen molar-refractivity contribution in [3.8, 4) is 45.6 Å². The number of carbonyl (C=O) groups is 6. The number of allylic oxidation sites excluding steroid dienone is 1. The third-order valence-corrected chi connectivity index (χ3v) is 9.20. The largest absolute Gasteiger partial charge is 0.489 e. The number of benzene rings is 4. The molecule has 0 aromatic heterocycles. The van der Waals surface area contributed by atoms with E-state index in [1.165, 1.54) is 30.3 Å². The van der Waals surface area contributed by atoms with E-state index in [9.17, 15) is 28.8 Å². The average Bonchev–Trinajstić information content (AvgIpc) is 3.53. The zero-order valence-corrected chi connectivity index (χ0v) is 34.1. The van der Waals surface area contributed by atoms with Crippen molar-refractivity contribution in [1.29, 1.82) is 0 Å². The number of aryl methyl sites for hydroxylation is 2. The van der Waals surface area contributed by atoms with E-state index < -0.39 is 50.2 Å². The molecule has 4 aromatic rings. The van der Waals surface area contributed by atoms with E-state index in [-0.39, 0.29) is 70.4 Å². The van der Waals surface area contributed by atoms with E-state index in [2.05, 4.69) is 26.3 Å². The lowest BCUT2D eigenvalue weighted by molar-refractivity contribution is -0.146. The second-order valence-corrected chi connectivity index (χ2v) is 13.3. The average molecular weight is 847 g/mol. The SMILES string of the molecule is C=CC(=O)CCOc1cc(C(=O)Oc2ccc3c(c2)C(C)c2cc(OC(=O)c4cc(C)c(OCOC(=O)C=C)c(OCOC(=O)C=C)c4)ccc2-3)cc(C)c1OCOC(=O)C=C. The molecule has 1 unspecified atom stereocenters. The smallest absolute Gasteiger partial charge is 0.343 e. The summed E-state index contributed by atoms with van der Waals surface area (Å²) < 4.78 is 49.0. The van der Waals surface area contributed by atoms with Crippen LogP contribution in [0.4, 0.5) is 0 Å². The van der Waals surface area contributed by atoms with Crippen LogP contribution in [0.5, 0.6) is 34.5 Å². The second kappa shape index (κ2) is 20.8. The standard InChI is InChI=1S/C47H42O15/c1-8-32(48)16-17-54-39-20-30(18-27(5)44(39)59-25-57-42(50)10-3)46(52)61-33-12-14-35-36-15-13-34(23-38(36)29(7)37(35)22-33)62-47(53)31-19-28(6)45(60-26-58-43(51)11-4)40(21-31)55-24-56-41(49)9-2/h8-15,18-23,29H,1-4,16-17,24-26H2,5-7H3. The Kier molecular flexibility index (Phi) is 15.2. The molecule has 0 saturated heterocycles. The fraction of sp³-hybridized carbons (Fsp3) is 0.191. The molecular formula is C47H42O15. The van der Waals surface area contributed by atoms with Gasteiger partial charge in [-0.25, -0.2) is 24.0 Å². The summed E-state index contributed by atoms with van der Waals surface area (Å²) in [4.78, 5) is 73.5. The Morgan fingerprint density at radius 3 is 1.39 bits per heavy atom. The number of rotatable bonds is 21. The Balaban J connectivity index is 1.31. The summed E-state index contributed by atoms with van der Waals surface area (Å²) in [5.74, 6) is -3.03. The topological polar surface area (TPSA) is 185 Å². The van der Waals surface area contributed by atoms with Crippen LogP contribution in [-0.2, 0) is 33.4 Å². The molecule has 5 rings (SSSR count). The quantitative estimate of drug-likeness (QED) is 0.0262. The van der Waals surface area contributed by atoms with E-state index in [0.717, 1.165) is 40.5 Å². The Hall–Kier alpha value is -7.94. The molecule has 0 amide bonds. The van der Waals surface area contributed by atoms with Crippen molar-refractivity contribution < 1.29 is 71.4 Å². The number of hydrogen-bond acceptors (Lipinski definition) is 15. The zero-order chi connectivity index (χ0) is 44.9. The molecule has 15 nitrogen and oxygen atoms in total. The first-order chi connectivity index (χ1) is 29.8. The first-order valence-electron chi connectivity index (χ1n) is 18.8. The van der Waals surface area contributed by atoms with Crippen LogP contribution in [0.15, 0.2) is 111 Å². The van der Waals surface area contributed by atoms with Gasteiger partial charge < -0.3 is 42.6 Å². The monoisotopic (exact) mass is 846 g/mol. The second-order valence-electron chi connectivity index (χ2n) is 13.3. The molecule has 0 heterocycles. The van der Waals surface area contributed by atoms with Crippen LogP contribution < -0.4 is 28.4 Å². The molecule has 1 atom stereocenters. The van der Waals surface area contributed by atoms with Crippen molar-refractivity contribution in [2.75, 3.05) is 27.0 Å². The van der Waals surface area contributed by atoms with Gasteiger partial charge in [0.1, 0.15) is 11.5 Å². The summed E-state index contributed by atoms with van der Waals surface area (Å²) in [6, 6.07) is 16.3. The lowest BCUT2D eigenvalue weighted by Gasteiger charge is -2.16. The normalized spacial score (nSPS) is 12.0. The Morgan fingerprint density at radius 2 is 0.968 bits per heavy atom. The van der Waals surface area contributed by atoms with Crippen molar-refractivity contribution in [2.45, 2.75) is 33.1 Å². The first kappa shape index (κ1) is 45.1. The van der Waals surface area contributed by atoms with Crippen LogP contribution in [-0.4, -0.2) is 62.6 Å². The fourth-order valence-corrected chi connectivity index (χ4v) is 6.20. The number of fused-ring (bicyclic) bond motifs is 3. The minimum atomic E-state index is -0.739. The Morgan fingerprint density at radius 1 is 0.548 bits per heavy atom. The highest BCUT2D eigenvalue weighted by atomic mass is 16.7. The predicted molar refractivity (Wildman–Crippen MR) is 222 cm³/mol. The van der Waals surface area contributed by atoms with Gasteiger partial charge in [0, 0.05) is 30.6 Å². The fourth-order valence-electron chi connectivity index (χ4n) is 6.20. The van der Waals surface area contributed by atoms with Gasteiger partial charge in [0.15, 0.2) is 28.8 Å². The molecule has 0 spiro atoms. The van der Waals surface area contributed by atoms with Crippen molar-refractivity contribution in [2.24, 2.45) is 0 Å². The molecule has 1 aliphatic carbocycles. The maximum absolute atomic E-state index is 13.5. The van der Waals surface area contributed by atoms with Crippen LogP contribution in [0.25, 0.3) is 11.1 Å². The van der Waals surface area contributed by atoms with Crippen LogP contribution in [0, 0.1) is 13.8 Å². The van der Waals surface area contributed by atoms with E-state index in [1.54, 1.807) is 38.1 Å². The predicted octanol–water partition coefficient (Wildman–Crippen LogP) is 7.59. The molecule has 0 fully saturated rings. The maximum Gasteiger partial charge on any atom is 0.343 e. The van der Waals surface area contributed by atoms with Gasteiger partial charge in [0.05, 0.1) is 17.7 Å². The van der Waals surface area contributed by atoms with Gasteiger partial charge in [0.25, 0.3) is 0 Å². The third kappa shape index (κ3) is 11.2. The van der Waals surface area contributed by atoms with Gasteiger partial charge in [-0.1, -0.05) is 45.4 Å². The highest BCUT2D eigenvalue weighted by Crippen LogP contribution is 2.47. The molecule has 0 radical (unpaired) electrons. The molecule has 62 heavy (non-hydrogen) atoms. The molecule has 4 aromatic carbocycles. The van der Waals surface area contributed by atoms with Crippen molar-refractivity contribution in [3.05, 3.63) is 145 Å². The summed E-state index contributed by atoms with van der Waals surface area (Å²) in [6.07, 6.45) is 4.12. The lowest BCUT2D eigenvalue weighted by atomic mass is 9.99. The lowest BCUT2D eigenvalue weighted by Crippen LogP contribution is -2.14. The van der Waals surface area contributed by atoms with E-state index in [1.807, 2.05) is 19.1 Å². The van der Waals surface area contributed by atoms with Crippen molar-refractivity contribution in [1.82, 2.24) is 0 Å². The minimum Gasteiger partial charge on any atom is -0.489 e. The molecule has 0 saturated carbocycles. The molecular weight excluding hydrogens is 805 g/mol. The summed E-state index contributed by atoms with van der Waals surface area (Å²) in [5.41, 5.74) is 4.62. The van der Waals surface area contributed by atoms with E-state index in [4.69, 9.17) is 42.6 Å². The van der Waals surface area contributed by atoms with E-state index >= 15 is 0 Å². The molecule has 0 aliphatic heterocycles. The van der Waals surface area contributed by atoms with Crippen LogP contribution >= 0.6 is 0 Å². The summed E-state index contributed by atoms with van der Waals surface area (Å²) in [7, 11) is 0. The maximum atomic E-state index is 13.5. The Bertz CT molecular complexity index is 2290. The van der Waals surface area contributed by atoms with E-state index in [0.29, 0.717) is 11.1 Å². The zero-order valence-electron chi connectivity index (χ0n) is 34.1. The molecule has 320 valence electrons. The number of ether oxygens (including phenoxy) is 9. The van der Waals surface area contributed by atoms with Gasteiger partial charge in [0.2, 0.25) is 20.4 Å². The third-order valence-electron chi connectivity index (χ3n) is 9.20. The number of esters is 5. The minimum absolute atomic E-state index is 0.00799. The molecule has 15 heteroatoms. The Labute approximate surface area is 356 Å². The highest BCUT2D eigenvalue weighted by molar-refractivity contribution is 5.94. The first-order valence-corrected chi connectivity index (χ1v) is 18.8. The van der Waals surface area contributed by atoms with Crippen molar-refractivity contribution in [3.63, 3.8) is 0 Å². The van der Waals surface area contributed by atoms with Gasteiger partial charge in [-0.15, -0.1) is 0 Å². The van der Waals surface area contributed by atoms with Gasteiger partial charge in [-0.05, 0) is 102 Å².